The van der Waals surface area contributed by atoms with E-state index in [4.69, 9.17) is 0 Å². The van der Waals surface area contributed by atoms with E-state index in [1.165, 1.54) is 10.6 Å². The minimum absolute atomic E-state index is 0.0674. The Bertz CT molecular complexity index is 792. The van der Waals surface area contributed by atoms with Gasteiger partial charge >= 0.3 is 0 Å². The van der Waals surface area contributed by atoms with E-state index in [1.807, 2.05) is 60.7 Å². The van der Waals surface area contributed by atoms with Gasteiger partial charge in [-0.15, -0.1) is 0 Å². The van der Waals surface area contributed by atoms with Crippen molar-refractivity contribution in [2.45, 2.75) is 19.4 Å². The van der Waals surface area contributed by atoms with Gasteiger partial charge in [0.1, 0.15) is 0 Å². The number of amides is 1. The highest BCUT2D eigenvalue weighted by Gasteiger charge is 2.19. The lowest BCUT2D eigenvalue weighted by molar-refractivity contribution is -0.130. The standard InChI is InChI=1S/C20H26N2O3S/c1-21(17-19-11-7-4-8-12-19)20(23)14-16-22(26(2,24)25)15-13-18-9-5-3-6-10-18/h3-12H,13-17H2,1-2H3. The van der Waals surface area contributed by atoms with Gasteiger partial charge in [0, 0.05) is 33.1 Å². The van der Waals surface area contributed by atoms with Gasteiger partial charge < -0.3 is 4.90 Å². The monoisotopic (exact) mass is 374 g/mol. The number of carbonyl (C=O) groups is 1. The molecule has 0 atom stereocenters. The Balaban J connectivity index is 1.88. The van der Waals surface area contributed by atoms with E-state index in [0.717, 1.165) is 11.1 Å². The van der Waals surface area contributed by atoms with Gasteiger partial charge in [0.15, 0.2) is 0 Å². The van der Waals surface area contributed by atoms with E-state index in [-0.39, 0.29) is 18.9 Å². The average molecular weight is 375 g/mol. The average Bonchev–Trinajstić information content (AvgIpc) is 2.62. The fourth-order valence-corrected chi connectivity index (χ4v) is 3.54. The molecule has 0 saturated heterocycles. The number of carbonyl (C=O) groups excluding carboxylic acids is 1. The SMILES string of the molecule is CN(Cc1ccccc1)C(=O)CCN(CCc1ccccc1)S(C)(=O)=O. The topological polar surface area (TPSA) is 57.7 Å². The lowest BCUT2D eigenvalue weighted by Gasteiger charge is -2.22. The van der Waals surface area contributed by atoms with Gasteiger partial charge in [-0.1, -0.05) is 60.7 Å². The van der Waals surface area contributed by atoms with Crippen LogP contribution in [0.2, 0.25) is 0 Å². The molecule has 0 radical (unpaired) electrons. The van der Waals surface area contributed by atoms with Crippen molar-refractivity contribution in [1.82, 2.24) is 9.21 Å². The van der Waals surface area contributed by atoms with Crippen molar-refractivity contribution >= 4 is 15.9 Å². The van der Waals surface area contributed by atoms with E-state index >= 15 is 0 Å². The third-order valence-corrected chi connectivity index (χ3v) is 5.53. The fraction of sp³-hybridized carbons (Fsp3) is 0.350. The van der Waals surface area contributed by atoms with Crippen LogP contribution >= 0.6 is 0 Å². The fourth-order valence-electron chi connectivity index (χ4n) is 2.70. The first-order valence-electron chi connectivity index (χ1n) is 8.63. The summed E-state index contributed by atoms with van der Waals surface area (Å²) >= 11 is 0. The van der Waals surface area contributed by atoms with Crippen LogP contribution in [0.5, 0.6) is 0 Å². The summed E-state index contributed by atoms with van der Waals surface area (Å²) in [4.78, 5) is 14.0. The van der Waals surface area contributed by atoms with Crippen LogP contribution in [0.15, 0.2) is 60.7 Å². The van der Waals surface area contributed by atoms with Crippen LogP contribution in [0, 0.1) is 0 Å². The van der Waals surface area contributed by atoms with Gasteiger partial charge in [0.05, 0.1) is 6.26 Å². The summed E-state index contributed by atoms with van der Waals surface area (Å²) in [6, 6.07) is 19.5. The van der Waals surface area contributed by atoms with Crippen molar-refractivity contribution < 1.29 is 13.2 Å². The van der Waals surface area contributed by atoms with Crippen LogP contribution in [-0.2, 0) is 27.8 Å². The van der Waals surface area contributed by atoms with E-state index in [1.54, 1.807) is 11.9 Å². The Kier molecular flexibility index (Phi) is 7.36. The van der Waals surface area contributed by atoms with E-state index in [2.05, 4.69) is 0 Å². The number of hydrogen-bond acceptors (Lipinski definition) is 3. The maximum atomic E-state index is 12.4. The van der Waals surface area contributed by atoms with Crippen molar-refractivity contribution in [2.75, 3.05) is 26.4 Å². The van der Waals surface area contributed by atoms with Crippen molar-refractivity contribution in [1.29, 1.82) is 0 Å². The zero-order valence-corrected chi connectivity index (χ0v) is 16.2. The summed E-state index contributed by atoms with van der Waals surface area (Å²) in [7, 11) is -1.61. The molecule has 2 rings (SSSR count). The summed E-state index contributed by atoms with van der Waals surface area (Å²) in [5, 5.41) is 0. The molecule has 0 fully saturated rings. The summed E-state index contributed by atoms with van der Waals surface area (Å²) < 4.78 is 25.4. The molecular formula is C20H26N2O3S. The molecule has 2 aromatic rings. The van der Waals surface area contributed by atoms with Crippen molar-refractivity contribution in [3.63, 3.8) is 0 Å². The van der Waals surface area contributed by atoms with E-state index in [9.17, 15) is 13.2 Å². The van der Waals surface area contributed by atoms with Gasteiger partial charge in [-0.3, -0.25) is 4.79 Å². The third kappa shape index (κ3) is 6.61. The lowest BCUT2D eigenvalue weighted by Crippen LogP contribution is -2.36. The first kappa shape index (κ1) is 20.1. The zero-order chi connectivity index (χ0) is 19.0. The van der Waals surface area contributed by atoms with Crippen LogP contribution in [-0.4, -0.2) is 49.9 Å². The molecular weight excluding hydrogens is 348 g/mol. The molecule has 0 bridgehead atoms. The van der Waals surface area contributed by atoms with Gasteiger partial charge in [-0.25, -0.2) is 12.7 Å². The summed E-state index contributed by atoms with van der Waals surface area (Å²) in [5.41, 5.74) is 2.13. The Morgan fingerprint density at radius 3 is 1.96 bits per heavy atom. The normalized spacial score (nSPS) is 11.5. The molecule has 26 heavy (non-hydrogen) atoms. The van der Waals surface area contributed by atoms with E-state index < -0.39 is 10.0 Å². The maximum absolute atomic E-state index is 12.4. The molecule has 0 N–H and O–H groups in total. The predicted molar refractivity (Wildman–Crippen MR) is 104 cm³/mol. The number of benzene rings is 2. The molecule has 0 aliphatic rings. The Morgan fingerprint density at radius 2 is 1.42 bits per heavy atom. The van der Waals surface area contributed by atoms with Crippen molar-refractivity contribution in [3.8, 4) is 0 Å². The molecule has 0 spiro atoms. The highest BCUT2D eigenvalue weighted by Crippen LogP contribution is 2.08. The number of hydrogen-bond donors (Lipinski definition) is 0. The van der Waals surface area contributed by atoms with Gasteiger partial charge in [-0.05, 0) is 17.5 Å². The minimum atomic E-state index is -3.35. The summed E-state index contributed by atoms with van der Waals surface area (Å²) in [5.74, 6) is -0.0674. The van der Waals surface area contributed by atoms with Gasteiger partial charge in [-0.2, -0.15) is 0 Å². The second-order valence-corrected chi connectivity index (χ2v) is 8.37. The highest BCUT2D eigenvalue weighted by atomic mass is 32.2. The molecule has 0 aromatic heterocycles. The molecule has 0 unspecified atom stereocenters. The third-order valence-electron chi connectivity index (χ3n) is 4.23. The lowest BCUT2D eigenvalue weighted by atomic mass is 10.1. The molecule has 2 aromatic carbocycles. The molecule has 1 amide bonds. The predicted octanol–water partition coefficient (Wildman–Crippen LogP) is 2.54. The quantitative estimate of drug-likeness (QED) is 0.678. The molecule has 6 heteroatoms. The van der Waals surface area contributed by atoms with Crippen LogP contribution in [0.3, 0.4) is 0 Å². The number of nitrogens with zero attached hydrogens (tertiary/aromatic N) is 2. The molecule has 0 aliphatic heterocycles. The Hall–Kier alpha value is -2.18. The second kappa shape index (κ2) is 9.50. The van der Waals surface area contributed by atoms with E-state index in [0.29, 0.717) is 19.5 Å². The molecule has 0 aliphatic carbocycles. The van der Waals surface area contributed by atoms with Crippen molar-refractivity contribution in [3.05, 3.63) is 71.8 Å². The van der Waals surface area contributed by atoms with Crippen LogP contribution < -0.4 is 0 Å². The number of rotatable bonds is 9. The molecule has 140 valence electrons. The highest BCUT2D eigenvalue weighted by molar-refractivity contribution is 7.88. The molecule has 0 saturated carbocycles. The maximum Gasteiger partial charge on any atom is 0.223 e. The molecule has 5 nitrogen and oxygen atoms in total. The zero-order valence-electron chi connectivity index (χ0n) is 15.3. The minimum Gasteiger partial charge on any atom is -0.341 e. The number of sulfonamides is 1. The van der Waals surface area contributed by atoms with Crippen LogP contribution in [0.4, 0.5) is 0 Å². The van der Waals surface area contributed by atoms with Crippen LogP contribution in [0.1, 0.15) is 17.5 Å². The first-order valence-corrected chi connectivity index (χ1v) is 10.5. The largest absolute Gasteiger partial charge is 0.341 e. The summed E-state index contributed by atoms with van der Waals surface area (Å²) in [6.07, 6.45) is 1.99. The van der Waals surface area contributed by atoms with Gasteiger partial charge in [0.2, 0.25) is 15.9 Å². The first-order chi connectivity index (χ1) is 12.4. The smallest absolute Gasteiger partial charge is 0.223 e. The summed E-state index contributed by atoms with van der Waals surface area (Å²) in [6.45, 7) is 1.09. The Morgan fingerprint density at radius 1 is 0.885 bits per heavy atom. The van der Waals surface area contributed by atoms with Gasteiger partial charge in [0.25, 0.3) is 0 Å². The Labute approximate surface area is 156 Å². The second-order valence-electron chi connectivity index (χ2n) is 6.38. The van der Waals surface area contributed by atoms with Crippen LogP contribution in [0.25, 0.3) is 0 Å². The van der Waals surface area contributed by atoms with Crippen molar-refractivity contribution in [2.24, 2.45) is 0 Å². The molecule has 0 heterocycles.